The fraction of sp³-hybridized carbons (Fsp3) is 0.364. The molecule has 0 unspecified atom stereocenters. The third kappa shape index (κ3) is 2.87. The van der Waals surface area contributed by atoms with Crippen LogP contribution in [-0.2, 0) is 17.8 Å². The SMILES string of the molecule is Cl.Nc1ccc2c(c1)CN(C(=O)C(F)(F)F)CC2. The van der Waals surface area contributed by atoms with Crippen LogP contribution in [0.4, 0.5) is 18.9 Å². The number of halogens is 4. The van der Waals surface area contributed by atoms with Gasteiger partial charge in [0.25, 0.3) is 0 Å². The maximum Gasteiger partial charge on any atom is 0.471 e. The Morgan fingerprint density at radius 3 is 2.56 bits per heavy atom. The molecule has 2 rings (SSSR count). The summed E-state index contributed by atoms with van der Waals surface area (Å²) in [5.74, 6) is -1.79. The summed E-state index contributed by atoms with van der Waals surface area (Å²) in [7, 11) is 0. The van der Waals surface area contributed by atoms with Gasteiger partial charge in [-0.15, -0.1) is 12.4 Å². The van der Waals surface area contributed by atoms with E-state index in [0.717, 1.165) is 10.5 Å². The molecule has 0 saturated heterocycles. The zero-order valence-corrected chi connectivity index (χ0v) is 10.1. The van der Waals surface area contributed by atoms with Crippen LogP contribution in [0.5, 0.6) is 0 Å². The highest BCUT2D eigenvalue weighted by Crippen LogP contribution is 2.25. The quantitative estimate of drug-likeness (QED) is 0.740. The van der Waals surface area contributed by atoms with Gasteiger partial charge in [-0.25, -0.2) is 0 Å². The van der Waals surface area contributed by atoms with Gasteiger partial charge in [0.1, 0.15) is 0 Å². The Hall–Kier alpha value is -1.43. The van der Waals surface area contributed by atoms with E-state index in [1.165, 1.54) is 0 Å². The van der Waals surface area contributed by atoms with Crippen molar-refractivity contribution in [1.29, 1.82) is 0 Å². The van der Waals surface area contributed by atoms with E-state index < -0.39 is 12.1 Å². The van der Waals surface area contributed by atoms with Crippen molar-refractivity contribution in [3.63, 3.8) is 0 Å². The smallest absolute Gasteiger partial charge is 0.399 e. The molecule has 0 spiro atoms. The van der Waals surface area contributed by atoms with Gasteiger partial charge in [0.2, 0.25) is 0 Å². The van der Waals surface area contributed by atoms with Crippen molar-refractivity contribution in [2.45, 2.75) is 19.1 Å². The van der Waals surface area contributed by atoms with Crippen molar-refractivity contribution in [2.24, 2.45) is 0 Å². The van der Waals surface area contributed by atoms with Gasteiger partial charge >= 0.3 is 12.1 Å². The Labute approximate surface area is 108 Å². The van der Waals surface area contributed by atoms with Crippen LogP contribution in [0.25, 0.3) is 0 Å². The van der Waals surface area contributed by atoms with Crippen LogP contribution in [0.2, 0.25) is 0 Å². The van der Waals surface area contributed by atoms with Gasteiger partial charge in [0.05, 0.1) is 0 Å². The van der Waals surface area contributed by atoms with Gasteiger partial charge in [-0.05, 0) is 29.7 Å². The largest absolute Gasteiger partial charge is 0.471 e. The molecule has 2 N–H and O–H groups in total. The van der Waals surface area contributed by atoms with E-state index in [4.69, 9.17) is 5.73 Å². The zero-order valence-electron chi connectivity index (χ0n) is 9.33. The number of nitrogens with zero attached hydrogens (tertiary/aromatic N) is 1. The molecular formula is C11H12ClF3N2O. The van der Waals surface area contributed by atoms with Gasteiger partial charge in [-0.3, -0.25) is 4.79 Å². The van der Waals surface area contributed by atoms with Crippen LogP contribution in [0, 0.1) is 0 Å². The fourth-order valence-corrected chi connectivity index (χ4v) is 1.93. The van der Waals surface area contributed by atoms with Gasteiger partial charge in [-0.1, -0.05) is 6.07 Å². The second-order valence-electron chi connectivity index (χ2n) is 4.00. The molecule has 0 bridgehead atoms. The lowest BCUT2D eigenvalue weighted by molar-refractivity contribution is -0.186. The lowest BCUT2D eigenvalue weighted by Gasteiger charge is -2.29. The van der Waals surface area contributed by atoms with Gasteiger partial charge in [-0.2, -0.15) is 13.2 Å². The second kappa shape index (κ2) is 5.06. The molecule has 100 valence electrons. The molecule has 1 aliphatic rings. The van der Waals surface area contributed by atoms with E-state index in [-0.39, 0.29) is 25.5 Å². The molecule has 7 heteroatoms. The van der Waals surface area contributed by atoms with Crippen LogP contribution >= 0.6 is 12.4 Å². The third-order valence-electron chi connectivity index (χ3n) is 2.77. The lowest BCUT2D eigenvalue weighted by Crippen LogP contribution is -2.43. The summed E-state index contributed by atoms with van der Waals surface area (Å²) >= 11 is 0. The molecule has 3 nitrogen and oxygen atoms in total. The van der Waals surface area contributed by atoms with E-state index in [1.807, 2.05) is 0 Å². The van der Waals surface area contributed by atoms with Crippen LogP contribution < -0.4 is 5.73 Å². The zero-order chi connectivity index (χ0) is 12.6. The van der Waals surface area contributed by atoms with Crippen molar-refractivity contribution < 1.29 is 18.0 Å². The number of carbonyl (C=O) groups is 1. The Bertz CT molecular complexity index is 462. The minimum Gasteiger partial charge on any atom is -0.399 e. The molecule has 0 saturated carbocycles. The van der Waals surface area contributed by atoms with E-state index >= 15 is 0 Å². The summed E-state index contributed by atoms with van der Waals surface area (Å²) < 4.78 is 36.8. The molecular weight excluding hydrogens is 269 g/mol. The fourth-order valence-electron chi connectivity index (χ4n) is 1.93. The van der Waals surface area contributed by atoms with Crippen molar-refractivity contribution in [3.05, 3.63) is 29.3 Å². The van der Waals surface area contributed by atoms with Crippen molar-refractivity contribution in [2.75, 3.05) is 12.3 Å². The molecule has 0 aromatic heterocycles. The molecule has 0 aliphatic carbocycles. The molecule has 0 radical (unpaired) electrons. The maximum atomic E-state index is 12.3. The average Bonchev–Trinajstić information content (AvgIpc) is 2.25. The third-order valence-corrected chi connectivity index (χ3v) is 2.77. The lowest BCUT2D eigenvalue weighted by atomic mass is 9.99. The van der Waals surface area contributed by atoms with Crippen LogP contribution in [0.15, 0.2) is 18.2 Å². The Morgan fingerprint density at radius 1 is 1.28 bits per heavy atom. The summed E-state index contributed by atoms with van der Waals surface area (Å²) in [5.41, 5.74) is 7.69. The Morgan fingerprint density at radius 2 is 1.94 bits per heavy atom. The summed E-state index contributed by atoms with van der Waals surface area (Å²) in [5, 5.41) is 0. The number of alkyl halides is 3. The predicted molar refractivity (Wildman–Crippen MR) is 63.3 cm³/mol. The summed E-state index contributed by atoms with van der Waals surface area (Å²) in [6.45, 7) is 0.0635. The molecule has 1 aromatic carbocycles. The standard InChI is InChI=1S/C11H11F3N2O.ClH/c12-11(13,14)10(17)16-4-3-7-1-2-9(15)5-8(7)6-16;/h1-2,5H,3-4,6,15H2;1H. The molecule has 1 heterocycles. The summed E-state index contributed by atoms with van der Waals surface area (Å²) in [6.07, 6.45) is -4.38. The average molecular weight is 281 g/mol. The molecule has 1 aliphatic heterocycles. The topological polar surface area (TPSA) is 46.3 Å². The first kappa shape index (κ1) is 14.6. The first-order valence-electron chi connectivity index (χ1n) is 5.11. The van der Waals surface area contributed by atoms with E-state index in [9.17, 15) is 18.0 Å². The predicted octanol–water partition coefficient (Wildman–Crippen LogP) is 2.14. The van der Waals surface area contributed by atoms with E-state index in [1.54, 1.807) is 18.2 Å². The summed E-state index contributed by atoms with van der Waals surface area (Å²) in [4.78, 5) is 11.9. The number of fused-ring (bicyclic) bond motifs is 1. The molecule has 0 atom stereocenters. The number of nitrogens with two attached hydrogens (primary N) is 1. The first-order chi connectivity index (χ1) is 7.88. The molecule has 0 fully saturated rings. The number of anilines is 1. The van der Waals surface area contributed by atoms with Crippen molar-refractivity contribution >= 4 is 24.0 Å². The highest BCUT2D eigenvalue weighted by molar-refractivity contribution is 5.85. The summed E-state index contributed by atoms with van der Waals surface area (Å²) in [6, 6.07) is 5.12. The maximum absolute atomic E-state index is 12.3. The van der Waals surface area contributed by atoms with Gasteiger partial charge in [0, 0.05) is 18.8 Å². The number of hydrogen-bond donors (Lipinski definition) is 1. The number of hydrogen-bond acceptors (Lipinski definition) is 2. The van der Waals surface area contributed by atoms with E-state index in [0.29, 0.717) is 17.7 Å². The van der Waals surface area contributed by atoms with Crippen molar-refractivity contribution in [1.82, 2.24) is 4.90 Å². The van der Waals surface area contributed by atoms with Crippen molar-refractivity contribution in [3.8, 4) is 0 Å². The molecule has 18 heavy (non-hydrogen) atoms. The van der Waals surface area contributed by atoms with Crippen LogP contribution in [-0.4, -0.2) is 23.5 Å². The number of nitrogen functional groups attached to an aromatic ring is 1. The molecule has 1 amide bonds. The van der Waals surface area contributed by atoms with E-state index in [2.05, 4.69) is 0 Å². The van der Waals surface area contributed by atoms with Gasteiger partial charge < -0.3 is 10.6 Å². The highest BCUT2D eigenvalue weighted by Gasteiger charge is 2.43. The number of carbonyl (C=O) groups excluding carboxylic acids is 1. The van der Waals surface area contributed by atoms with Crippen LogP contribution in [0.3, 0.4) is 0 Å². The Kier molecular flexibility index (Phi) is 4.11. The monoisotopic (exact) mass is 280 g/mol. The molecule has 1 aromatic rings. The van der Waals surface area contributed by atoms with Gasteiger partial charge in [0.15, 0.2) is 0 Å². The second-order valence-corrected chi connectivity index (χ2v) is 4.00. The number of rotatable bonds is 0. The number of amides is 1. The highest BCUT2D eigenvalue weighted by atomic mass is 35.5. The first-order valence-corrected chi connectivity index (χ1v) is 5.11. The normalized spacial score (nSPS) is 14.7. The number of benzene rings is 1. The Balaban J connectivity index is 0.00000162. The minimum absolute atomic E-state index is 0. The minimum atomic E-state index is -4.81. The van der Waals surface area contributed by atoms with Crippen LogP contribution in [0.1, 0.15) is 11.1 Å².